The Hall–Kier alpha value is -2.90. The minimum Gasteiger partial charge on any atom is -0.370 e. The van der Waals surface area contributed by atoms with Crippen LogP contribution in [-0.4, -0.2) is 46.5 Å². The molecule has 0 spiro atoms. The Kier molecular flexibility index (Phi) is 6.05. The number of likely N-dealkylation sites (tertiary alicyclic amines) is 1. The van der Waals surface area contributed by atoms with Gasteiger partial charge in [0.15, 0.2) is 5.96 Å². The maximum Gasteiger partial charge on any atom is 0.217 e. The summed E-state index contributed by atoms with van der Waals surface area (Å²) in [5.41, 5.74) is 6.62. The first-order valence-corrected chi connectivity index (χ1v) is 9.07. The smallest absolute Gasteiger partial charge is 0.217 e. The number of amides is 1. The maximum atomic E-state index is 14.4. The summed E-state index contributed by atoms with van der Waals surface area (Å²) in [7, 11) is 1.72. The van der Waals surface area contributed by atoms with E-state index in [1.807, 2.05) is 6.07 Å². The highest BCUT2D eigenvalue weighted by molar-refractivity contribution is 5.80. The molecule has 144 valence electrons. The van der Waals surface area contributed by atoms with Crippen LogP contribution in [0.15, 0.2) is 41.9 Å². The molecule has 0 saturated carbocycles. The van der Waals surface area contributed by atoms with Crippen LogP contribution in [0.4, 0.5) is 4.39 Å². The molecule has 0 radical (unpaired) electrons. The monoisotopic (exact) mass is 372 g/mol. The standard InChI is InChI=1S/C19H25FN6O/c1-22-19(25-7-2-3-15(12-25)10-18(21)27)24-11-14-4-5-17(16(20)9-14)26-8-6-23-13-26/h4-6,8-9,13,15H,2-3,7,10-12H2,1H3,(H2,21,27)(H,22,24). The third-order valence-corrected chi connectivity index (χ3v) is 4.77. The first-order valence-electron chi connectivity index (χ1n) is 9.07. The van der Waals surface area contributed by atoms with Crippen molar-refractivity contribution in [2.24, 2.45) is 16.6 Å². The number of aliphatic imine (C=N–C) groups is 1. The van der Waals surface area contributed by atoms with Gasteiger partial charge in [-0.1, -0.05) is 6.07 Å². The fourth-order valence-electron chi connectivity index (χ4n) is 3.49. The SMILES string of the molecule is CN=C(NCc1ccc(-n2ccnc2)c(F)c1)N1CCCC(CC(N)=O)C1. The predicted octanol–water partition coefficient (Wildman–Crippen LogP) is 1.67. The van der Waals surface area contributed by atoms with Crippen molar-refractivity contribution >= 4 is 11.9 Å². The predicted molar refractivity (Wildman–Crippen MR) is 102 cm³/mol. The van der Waals surface area contributed by atoms with Crippen molar-refractivity contribution in [3.05, 3.63) is 48.3 Å². The number of hydrogen-bond acceptors (Lipinski definition) is 3. The van der Waals surface area contributed by atoms with Crippen LogP contribution in [0, 0.1) is 11.7 Å². The lowest BCUT2D eigenvalue weighted by atomic mass is 9.95. The zero-order valence-corrected chi connectivity index (χ0v) is 15.4. The molecule has 1 aliphatic rings. The van der Waals surface area contributed by atoms with Crippen molar-refractivity contribution in [2.75, 3.05) is 20.1 Å². The number of benzene rings is 1. The average Bonchev–Trinajstić information content (AvgIpc) is 3.16. The number of nitrogens with one attached hydrogen (secondary N) is 1. The molecule has 0 bridgehead atoms. The summed E-state index contributed by atoms with van der Waals surface area (Å²) in [5.74, 6) is 0.435. The van der Waals surface area contributed by atoms with Gasteiger partial charge in [-0.15, -0.1) is 0 Å². The average molecular weight is 372 g/mol. The molecule has 3 rings (SSSR count). The number of guanidine groups is 1. The summed E-state index contributed by atoms with van der Waals surface area (Å²) in [5, 5.41) is 3.28. The minimum atomic E-state index is -0.304. The van der Waals surface area contributed by atoms with E-state index in [9.17, 15) is 9.18 Å². The Morgan fingerprint density at radius 1 is 1.48 bits per heavy atom. The van der Waals surface area contributed by atoms with Crippen molar-refractivity contribution in [2.45, 2.75) is 25.8 Å². The summed E-state index contributed by atoms with van der Waals surface area (Å²) in [6, 6.07) is 5.13. The van der Waals surface area contributed by atoms with Crippen LogP contribution in [0.1, 0.15) is 24.8 Å². The van der Waals surface area contributed by atoms with Crippen molar-refractivity contribution in [3.63, 3.8) is 0 Å². The number of primary amides is 1. The fraction of sp³-hybridized carbons (Fsp3) is 0.421. The molecule has 2 heterocycles. The Morgan fingerprint density at radius 3 is 3.00 bits per heavy atom. The van der Waals surface area contributed by atoms with Gasteiger partial charge in [-0.2, -0.15) is 0 Å². The molecule has 1 atom stereocenters. The topological polar surface area (TPSA) is 88.5 Å². The molecule has 0 aliphatic carbocycles. The zero-order chi connectivity index (χ0) is 19.2. The van der Waals surface area contributed by atoms with Gasteiger partial charge in [0.2, 0.25) is 5.91 Å². The van der Waals surface area contributed by atoms with Crippen LogP contribution >= 0.6 is 0 Å². The number of halogens is 1. The highest BCUT2D eigenvalue weighted by atomic mass is 19.1. The fourth-order valence-corrected chi connectivity index (χ4v) is 3.49. The molecule has 1 amide bonds. The van der Waals surface area contributed by atoms with E-state index in [1.165, 1.54) is 6.07 Å². The Morgan fingerprint density at radius 2 is 2.33 bits per heavy atom. The third kappa shape index (κ3) is 4.84. The van der Waals surface area contributed by atoms with E-state index >= 15 is 0 Å². The molecule has 1 aromatic heterocycles. The highest BCUT2D eigenvalue weighted by Gasteiger charge is 2.23. The number of imidazole rings is 1. The summed E-state index contributed by atoms with van der Waals surface area (Å²) >= 11 is 0. The number of carbonyl (C=O) groups excluding carboxylic acids is 1. The molecule has 7 nitrogen and oxygen atoms in total. The Bertz CT molecular complexity index is 805. The molecule has 2 aromatic rings. The summed E-state index contributed by atoms with van der Waals surface area (Å²) in [6.45, 7) is 2.09. The van der Waals surface area contributed by atoms with E-state index in [2.05, 4.69) is 20.2 Å². The van der Waals surface area contributed by atoms with Crippen LogP contribution in [0.25, 0.3) is 5.69 Å². The highest BCUT2D eigenvalue weighted by Crippen LogP contribution is 2.20. The lowest BCUT2D eigenvalue weighted by Crippen LogP contribution is -2.46. The van der Waals surface area contributed by atoms with Gasteiger partial charge in [0, 0.05) is 45.5 Å². The van der Waals surface area contributed by atoms with Crippen molar-refractivity contribution in [1.82, 2.24) is 19.8 Å². The van der Waals surface area contributed by atoms with Gasteiger partial charge in [-0.05, 0) is 36.5 Å². The Labute approximate surface area is 158 Å². The molecular weight excluding hydrogens is 347 g/mol. The normalized spacial score (nSPS) is 17.8. The molecular formula is C19H25FN6O. The molecule has 1 unspecified atom stereocenters. The number of aromatic nitrogens is 2. The van der Waals surface area contributed by atoms with Gasteiger partial charge in [-0.25, -0.2) is 9.37 Å². The van der Waals surface area contributed by atoms with E-state index in [-0.39, 0.29) is 17.6 Å². The second-order valence-corrected chi connectivity index (χ2v) is 6.78. The Balaban J connectivity index is 1.61. The number of carbonyl (C=O) groups is 1. The van der Waals surface area contributed by atoms with Crippen LogP contribution in [-0.2, 0) is 11.3 Å². The molecule has 1 fully saturated rings. The maximum absolute atomic E-state index is 14.4. The van der Waals surface area contributed by atoms with Gasteiger partial charge in [0.25, 0.3) is 0 Å². The summed E-state index contributed by atoms with van der Waals surface area (Å²) in [6.07, 6.45) is 7.27. The number of nitrogens with two attached hydrogens (primary N) is 1. The molecule has 3 N–H and O–H groups in total. The van der Waals surface area contributed by atoms with E-state index in [0.717, 1.165) is 37.5 Å². The van der Waals surface area contributed by atoms with Crippen LogP contribution < -0.4 is 11.1 Å². The number of piperidine rings is 1. The van der Waals surface area contributed by atoms with Crippen molar-refractivity contribution in [1.29, 1.82) is 0 Å². The lowest BCUT2D eigenvalue weighted by Gasteiger charge is -2.34. The van der Waals surface area contributed by atoms with E-state index in [4.69, 9.17) is 5.73 Å². The van der Waals surface area contributed by atoms with Crippen LogP contribution in [0.5, 0.6) is 0 Å². The molecule has 8 heteroatoms. The number of nitrogens with zero attached hydrogens (tertiary/aromatic N) is 4. The zero-order valence-electron chi connectivity index (χ0n) is 15.4. The number of hydrogen-bond donors (Lipinski definition) is 2. The van der Waals surface area contributed by atoms with E-state index in [1.54, 1.807) is 36.4 Å². The van der Waals surface area contributed by atoms with Gasteiger partial charge < -0.3 is 20.5 Å². The second kappa shape index (κ2) is 8.66. The van der Waals surface area contributed by atoms with E-state index in [0.29, 0.717) is 18.7 Å². The summed E-state index contributed by atoms with van der Waals surface area (Å²) < 4.78 is 16.0. The first-order chi connectivity index (χ1) is 13.1. The quantitative estimate of drug-likeness (QED) is 0.617. The third-order valence-electron chi connectivity index (χ3n) is 4.77. The lowest BCUT2D eigenvalue weighted by molar-refractivity contribution is -0.119. The second-order valence-electron chi connectivity index (χ2n) is 6.78. The van der Waals surface area contributed by atoms with Gasteiger partial charge in [0.1, 0.15) is 5.82 Å². The molecule has 1 aromatic carbocycles. The van der Waals surface area contributed by atoms with Crippen molar-refractivity contribution < 1.29 is 9.18 Å². The van der Waals surface area contributed by atoms with Crippen molar-refractivity contribution in [3.8, 4) is 5.69 Å². The summed E-state index contributed by atoms with van der Waals surface area (Å²) in [4.78, 5) is 21.6. The van der Waals surface area contributed by atoms with Crippen LogP contribution in [0.2, 0.25) is 0 Å². The van der Waals surface area contributed by atoms with Gasteiger partial charge in [-0.3, -0.25) is 9.79 Å². The first kappa shape index (κ1) is 18.9. The van der Waals surface area contributed by atoms with E-state index < -0.39 is 0 Å². The molecule has 1 aliphatic heterocycles. The van der Waals surface area contributed by atoms with Crippen LogP contribution in [0.3, 0.4) is 0 Å². The van der Waals surface area contributed by atoms with Gasteiger partial charge >= 0.3 is 0 Å². The molecule has 1 saturated heterocycles. The molecule has 27 heavy (non-hydrogen) atoms. The number of rotatable bonds is 5. The minimum absolute atomic E-state index is 0.252. The largest absolute Gasteiger partial charge is 0.370 e. The van der Waals surface area contributed by atoms with Gasteiger partial charge in [0.05, 0.1) is 12.0 Å².